The van der Waals surface area contributed by atoms with Gasteiger partial charge in [-0.25, -0.2) is 4.98 Å². The predicted molar refractivity (Wildman–Crippen MR) is 104 cm³/mol. The SMILES string of the molecule is CN(Cc1ccc(Cl)cc1)C(=O)COC(=O)CSc1nc2ccccc2o1. The largest absolute Gasteiger partial charge is 0.455 e. The van der Waals surface area contributed by atoms with Crippen LogP contribution in [0.5, 0.6) is 0 Å². The molecule has 3 rings (SSSR count). The van der Waals surface area contributed by atoms with Crippen molar-refractivity contribution in [1.29, 1.82) is 0 Å². The number of aromatic nitrogens is 1. The second-order valence-electron chi connectivity index (χ2n) is 5.77. The van der Waals surface area contributed by atoms with Crippen LogP contribution in [0.25, 0.3) is 11.1 Å². The van der Waals surface area contributed by atoms with Gasteiger partial charge in [-0.3, -0.25) is 9.59 Å². The highest BCUT2D eigenvalue weighted by Gasteiger charge is 2.14. The lowest BCUT2D eigenvalue weighted by Gasteiger charge is -2.17. The lowest BCUT2D eigenvalue weighted by atomic mass is 10.2. The average molecular weight is 405 g/mol. The molecule has 0 unspecified atom stereocenters. The first-order valence-electron chi connectivity index (χ1n) is 8.13. The van der Waals surface area contributed by atoms with Crippen LogP contribution in [0.15, 0.2) is 58.2 Å². The number of rotatable bonds is 7. The van der Waals surface area contributed by atoms with Gasteiger partial charge in [0.1, 0.15) is 11.3 Å². The van der Waals surface area contributed by atoms with Gasteiger partial charge in [0, 0.05) is 18.6 Å². The maximum Gasteiger partial charge on any atom is 0.316 e. The molecule has 3 aromatic rings. The summed E-state index contributed by atoms with van der Waals surface area (Å²) in [7, 11) is 1.65. The topological polar surface area (TPSA) is 72.6 Å². The lowest BCUT2D eigenvalue weighted by molar-refractivity contribution is -0.149. The van der Waals surface area contributed by atoms with E-state index in [4.69, 9.17) is 20.8 Å². The number of carbonyl (C=O) groups is 2. The van der Waals surface area contributed by atoms with E-state index in [-0.39, 0.29) is 18.3 Å². The van der Waals surface area contributed by atoms with E-state index >= 15 is 0 Å². The van der Waals surface area contributed by atoms with Crippen LogP contribution in [0.4, 0.5) is 0 Å². The van der Waals surface area contributed by atoms with Crippen LogP contribution in [0, 0.1) is 0 Å². The molecular weight excluding hydrogens is 388 g/mol. The molecule has 0 bridgehead atoms. The fraction of sp³-hybridized carbons (Fsp3) is 0.211. The number of oxazole rings is 1. The van der Waals surface area contributed by atoms with E-state index in [0.29, 0.717) is 22.4 Å². The minimum atomic E-state index is -0.504. The number of esters is 1. The van der Waals surface area contributed by atoms with Crippen LogP contribution < -0.4 is 0 Å². The zero-order chi connectivity index (χ0) is 19.2. The molecule has 0 radical (unpaired) electrons. The normalized spacial score (nSPS) is 10.7. The number of para-hydroxylation sites is 2. The van der Waals surface area contributed by atoms with Gasteiger partial charge in [0.15, 0.2) is 12.2 Å². The van der Waals surface area contributed by atoms with Crippen molar-refractivity contribution in [2.24, 2.45) is 0 Å². The number of likely N-dealkylation sites (N-methyl/N-ethyl adjacent to an activating group) is 1. The predicted octanol–water partition coefficient (Wildman–Crippen LogP) is 3.78. The van der Waals surface area contributed by atoms with E-state index in [1.165, 1.54) is 4.90 Å². The molecule has 8 heteroatoms. The Balaban J connectivity index is 1.42. The average Bonchev–Trinajstić information content (AvgIpc) is 3.09. The summed E-state index contributed by atoms with van der Waals surface area (Å²) in [5.74, 6) is -0.776. The molecule has 0 aliphatic carbocycles. The second-order valence-corrected chi connectivity index (χ2v) is 7.14. The van der Waals surface area contributed by atoms with Gasteiger partial charge in [-0.05, 0) is 29.8 Å². The van der Waals surface area contributed by atoms with Gasteiger partial charge < -0.3 is 14.1 Å². The Labute approximate surface area is 165 Å². The van der Waals surface area contributed by atoms with Crippen molar-refractivity contribution in [3.05, 3.63) is 59.1 Å². The molecular formula is C19H17ClN2O4S. The minimum Gasteiger partial charge on any atom is -0.455 e. The summed E-state index contributed by atoms with van der Waals surface area (Å²) in [4.78, 5) is 29.7. The first kappa shape index (κ1) is 19.3. The molecule has 0 atom stereocenters. The van der Waals surface area contributed by atoms with Crippen molar-refractivity contribution in [3.8, 4) is 0 Å². The van der Waals surface area contributed by atoms with Gasteiger partial charge >= 0.3 is 5.97 Å². The molecule has 2 aromatic carbocycles. The molecule has 0 N–H and O–H groups in total. The maximum atomic E-state index is 12.1. The Morgan fingerprint density at radius 2 is 1.93 bits per heavy atom. The molecule has 140 valence electrons. The third-order valence-electron chi connectivity index (χ3n) is 3.70. The number of ether oxygens (including phenoxy) is 1. The highest BCUT2D eigenvalue weighted by molar-refractivity contribution is 7.99. The monoisotopic (exact) mass is 404 g/mol. The Bertz CT molecular complexity index is 909. The molecule has 1 aromatic heterocycles. The summed E-state index contributed by atoms with van der Waals surface area (Å²) >= 11 is 6.97. The maximum absolute atomic E-state index is 12.1. The summed E-state index contributed by atoms with van der Waals surface area (Å²) in [6.45, 7) is 0.0995. The second kappa shape index (κ2) is 8.92. The fourth-order valence-corrected chi connectivity index (χ4v) is 3.04. The molecule has 1 amide bonds. The lowest BCUT2D eigenvalue weighted by Crippen LogP contribution is -2.31. The van der Waals surface area contributed by atoms with Crippen LogP contribution in [0.3, 0.4) is 0 Å². The highest BCUT2D eigenvalue weighted by Crippen LogP contribution is 2.23. The number of halogens is 1. The smallest absolute Gasteiger partial charge is 0.316 e. The van der Waals surface area contributed by atoms with Crippen molar-refractivity contribution < 1.29 is 18.7 Å². The Kier molecular flexibility index (Phi) is 6.36. The first-order valence-corrected chi connectivity index (χ1v) is 9.50. The molecule has 27 heavy (non-hydrogen) atoms. The number of thioether (sulfide) groups is 1. The van der Waals surface area contributed by atoms with Crippen molar-refractivity contribution in [2.45, 2.75) is 11.8 Å². The molecule has 0 saturated heterocycles. The van der Waals surface area contributed by atoms with E-state index in [9.17, 15) is 9.59 Å². The molecule has 6 nitrogen and oxygen atoms in total. The summed E-state index contributed by atoms with van der Waals surface area (Å²) in [5, 5.41) is 1.03. The zero-order valence-electron chi connectivity index (χ0n) is 14.6. The number of amides is 1. The number of hydrogen-bond donors (Lipinski definition) is 0. The number of benzene rings is 2. The van der Waals surface area contributed by atoms with Crippen LogP contribution >= 0.6 is 23.4 Å². The molecule has 0 fully saturated rings. The van der Waals surface area contributed by atoms with E-state index < -0.39 is 5.97 Å². The van der Waals surface area contributed by atoms with Gasteiger partial charge in [-0.1, -0.05) is 47.6 Å². The standard InChI is InChI=1S/C19H17ClN2O4S/c1-22(10-13-6-8-14(20)9-7-13)17(23)11-25-18(24)12-27-19-21-15-4-2-3-5-16(15)26-19/h2-9H,10-12H2,1H3. The number of carbonyl (C=O) groups excluding carboxylic acids is 2. The van der Waals surface area contributed by atoms with Crippen molar-refractivity contribution in [3.63, 3.8) is 0 Å². The van der Waals surface area contributed by atoms with Crippen LogP contribution in [0.1, 0.15) is 5.56 Å². The van der Waals surface area contributed by atoms with Crippen LogP contribution in [-0.4, -0.2) is 41.2 Å². The van der Waals surface area contributed by atoms with E-state index in [1.807, 2.05) is 30.3 Å². The summed E-state index contributed by atoms with van der Waals surface area (Å²) < 4.78 is 10.6. The van der Waals surface area contributed by atoms with Gasteiger partial charge in [0.25, 0.3) is 11.1 Å². The van der Waals surface area contributed by atoms with Gasteiger partial charge in [-0.2, -0.15) is 0 Å². The van der Waals surface area contributed by atoms with Crippen LogP contribution in [-0.2, 0) is 20.9 Å². The van der Waals surface area contributed by atoms with Gasteiger partial charge in [0.2, 0.25) is 0 Å². The molecule has 0 spiro atoms. The van der Waals surface area contributed by atoms with Crippen molar-refractivity contribution >= 4 is 46.3 Å². The van der Waals surface area contributed by atoms with Gasteiger partial charge in [-0.15, -0.1) is 0 Å². The van der Waals surface area contributed by atoms with E-state index in [1.54, 1.807) is 25.2 Å². The highest BCUT2D eigenvalue weighted by atomic mass is 35.5. The van der Waals surface area contributed by atoms with Crippen LogP contribution in [0.2, 0.25) is 5.02 Å². The minimum absolute atomic E-state index is 0.0149. The molecule has 0 aliphatic rings. The third-order valence-corrected chi connectivity index (χ3v) is 4.76. The third kappa shape index (κ3) is 5.48. The summed E-state index contributed by atoms with van der Waals surface area (Å²) in [6, 6.07) is 14.6. The van der Waals surface area contributed by atoms with E-state index in [0.717, 1.165) is 22.8 Å². The zero-order valence-corrected chi connectivity index (χ0v) is 16.1. The molecule has 0 saturated carbocycles. The Morgan fingerprint density at radius 3 is 2.67 bits per heavy atom. The quantitative estimate of drug-likeness (QED) is 0.441. The first-order chi connectivity index (χ1) is 13.0. The molecule has 1 heterocycles. The number of hydrogen-bond acceptors (Lipinski definition) is 6. The van der Waals surface area contributed by atoms with Crippen molar-refractivity contribution in [1.82, 2.24) is 9.88 Å². The van der Waals surface area contributed by atoms with E-state index in [2.05, 4.69) is 4.98 Å². The van der Waals surface area contributed by atoms with Gasteiger partial charge in [0.05, 0.1) is 0 Å². The number of fused-ring (bicyclic) bond motifs is 1. The van der Waals surface area contributed by atoms with Crippen molar-refractivity contribution in [2.75, 3.05) is 19.4 Å². The summed E-state index contributed by atoms with van der Waals surface area (Å²) in [6.07, 6.45) is 0. The molecule has 0 aliphatic heterocycles. The Morgan fingerprint density at radius 1 is 1.19 bits per heavy atom. The number of nitrogens with zero attached hydrogens (tertiary/aromatic N) is 2. The fourth-order valence-electron chi connectivity index (χ4n) is 2.28. The Hall–Kier alpha value is -2.51. The summed E-state index contributed by atoms with van der Waals surface area (Å²) in [5.41, 5.74) is 2.33.